The molecule has 1 atom stereocenters. The Labute approximate surface area is 87.0 Å². The van der Waals surface area contributed by atoms with E-state index in [1.54, 1.807) is 0 Å². The van der Waals surface area contributed by atoms with E-state index in [-0.39, 0.29) is 0 Å². The molecule has 0 aromatic carbocycles. The fraction of sp³-hybridized carbons (Fsp3) is 1.00. The second kappa shape index (κ2) is 6.68. The molecule has 0 aliphatic carbocycles. The van der Waals surface area contributed by atoms with Crippen molar-refractivity contribution >= 4 is 12.6 Å². The van der Waals surface area contributed by atoms with Gasteiger partial charge in [-0.3, -0.25) is 0 Å². The van der Waals surface area contributed by atoms with Crippen molar-refractivity contribution in [2.75, 3.05) is 39.1 Å². The van der Waals surface area contributed by atoms with E-state index >= 15 is 0 Å². The molecule has 1 aliphatic rings. The van der Waals surface area contributed by atoms with Gasteiger partial charge in [-0.05, 0) is 44.5 Å². The fourth-order valence-corrected chi connectivity index (χ4v) is 1.97. The Morgan fingerprint density at radius 1 is 1.54 bits per heavy atom. The third-order valence-corrected chi connectivity index (χ3v) is 2.84. The minimum Gasteiger partial charge on any atom is -0.381 e. The summed E-state index contributed by atoms with van der Waals surface area (Å²) in [6.07, 6.45) is 3.77. The molecular formula is C10H21NOS. The SMILES string of the molecule is CN(CCCS)CC1CCCOC1. The highest BCUT2D eigenvalue weighted by Crippen LogP contribution is 2.14. The fourth-order valence-electron chi connectivity index (χ4n) is 1.82. The van der Waals surface area contributed by atoms with Gasteiger partial charge in [-0.15, -0.1) is 0 Å². The summed E-state index contributed by atoms with van der Waals surface area (Å²) in [6, 6.07) is 0. The molecule has 1 aliphatic heterocycles. The third kappa shape index (κ3) is 4.89. The van der Waals surface area contributed by atoms with Crippen LogP contribution in [-0.2, 0) is 4.74 Å². The first-order chi connectivity index (χ1) is 6.33. The van der Waals surface area contributed by atoms with Crippen molar-refractivity contribution in [3.8, 4) is 0 Å². The number of ether oxygens (including phenoxy) is 1. The van der Waals surface area contributed by atoms with Crippen LogP contribution < -0.4 is 0 Å². The number of nitrogens with zero attached hydrogens (tertiary/aromatic N) is 1. The van der Waals surface area contributed by atoms with Gasteiger partial charge < -0.3 is 9.64 Å². The molecule has 1 unspecified atom stereocenters. The van der Waals surface area contributed by atoms with Gasteiger partial charge >= 0.3 is 0 Å². The Morgan fingerprint density at radius 2 is 2.38 bits per heavy atom. The summed E-state index contributed by atoms with van der Waals surface area (Å²) >= 11 is 4.21. The van der Waals surface area contributed by atoms with Gasteiger partial charge in [0.1, 0.15) is 0 Å². The van der Waals surface area contributed by atoms with Crippen LogP contribution in [0.1, 0.15) is 19.3 Å². The van der Waals surface area contributed by atoms with Crippen LogP contribution in [0.15, 0.2) is 0 Å². The van der Waals surface area contributed by atoms with Crippen molar-refractivity contribution in [2.45, 2.75) is 19.3 Å². The molecule has 0 bridgehead atoms. The predicted molar refractivity (Wildman–Crippen MR) is 59.5 cm³/mol. The highest BCUT2D eigenvalue weighted by molar-refractivity contribution is 7.80. The molecule has 0 spiro atoms. The highest BCUT2D eigenvalue weighted by atomic mass is 32.1. The van der Waals surface area contributed by atoms with E-state index in [2.05, 4.69) is 24.6 Å². The summed E-state index contributed by atoms with van der Waals surface area (Å²) in [6.45, 7) is 4.29. The minimum absolute atomic E-state index is 0.763. The predicted octanol–water partition coefficient (Wildman–Crippen LogP) is 1.66. The normalized spacial score (nSPS) is 23.8. The minimum atomic E-state index is 0.763. The van der Waals surface area contributed by atoms with Crippen LogP contribution >= 0.6 is 12.6 Å². The van der Waals surface area contributed by atoms with Gasteiger partial charge in [-0.1, -0.05) is 0 Å². The molecule has 13 heavy (non-hydrogen) atoms. The quantitative estimate of drug-likeness (QED) is 0.682. The van der Waals surface area contributed by atoms with Crippen LogP contribution in [0.25, 0.3) is 0 Å². The van der Waals surface area contributed by atoms with E-state index in [1.807, 2.05) is 0 Å². The van der Waals surface area contributed by atoms with Crippen LogP contribution in [-0.4, -0.2) is 44.0 Å². The van der Waals surface area contributed by atoms with Crippen molar-refractivity contribution < 1.29 is 4.74 Å². The molecule has 0 radical (unpaired) electrons. The van der Waals surface area contributed by atoms with E-state index in [0.717, 1.165) is 24.9 Å². The lowest BCUT2D eigenvalue weighted by Gasteiger charge is -2.26. The van der Waals surface area contributed by atoms with Gasteiger partial charge in [0.05, 0.1) is 6.61 Å². The topological polar surface area (TPSA) is 12.5 Å². The first-order valence-corrected chi connectivity index (χ1v) is 5.83. The van der Waals surface area contributed by atoms with Gasteiger partial charge in [-0.25, -0.2) is 0 Å². The number of thiol groups is 1. The molecule has 0 aromatic heterocycles. The summed E-state index contributed by atoms with van der Waals surface area (Å²) in [5.74, 6) is 1.75. The van der Waals surface area contributed by atoms with Crippen LogP contribution in [0.4, 0.5) is 0 Å². The smallest absolute Gasteiger partial charge is 0.0506 e. The Morgan fingerprint density at radius 3 is 3.00 bits per heavy atom. The zero-order valence-corrected chi connectivity index (χ0v) is 9.43. The maximum atomic E-state index is 5.45. The molecule has 78 valence electrons. The van der Waals surface area contributed by atoms with E-state index in [9.17, 15) is 0 Å². The Balaban J connectivity index is 2.07. The lowest BCUT2D eigenvalue weighted by Crippen LogP contribution is -2.31. The summed E-state index contributed by atoms with van der Waals surface area (Å²) in [5.41, 5.74) is 0. The number of hydrogen-bond donors (Lipinski definition) is 1. The monoisotopic (exact) mass is 203 g/mol. The maximum absolute atomic E-state index is 5.45. The van der Waals surface area contributed by atoms with Crippen LogP contribution in [0.5, 0.6) is 0 Å². The van der Waals surface area contributed by atoms with E-state index in [0.29, 0.717) is 0 Å². The first kappa shape index (κ1) is 11.3. The molecule has 3 heteroatoms. The second-order valence-electron chi connectivity index (χ2n) is 3.92. The van der Waals surface area contributed by atoms with Gasteiger partial charge in [0.15, 0.2) is 0 Å². The standard InChI is InChI=1S/C10H21NOS/c1-11(5-3-7-13)8-10-4-2-6-12-9-10/h10,13H,2-9H2,1H3. The van der Waals surface area contributed by atoms with Crippen molar-refractivity contribution in [1.82, 2.24) is 4.90 Å². The maximum Gasteiger partial charge on any atom is 0.0506 e. The molecule has 0 saturated carbocycles. The molecule has 0 aromatic rings. The molecule has 0 N–H and O–H groups in total. The lowest BCUT2D eigenvalue weighted by molar-refractivity contribution is 0.0421. The van der Waals surface area contributed by atoms with Crippen molar-refractivity contribution in [3.63, 3.8) is 0 Å². The van der Waals surface area contributed by atoms with Crippen LogP contribution in [0, 0.1) is 5.92 Å². The molecule has 2 nitrogen and oxygen atoms in total. The van der Waals surface area contributed by atoms with Crippen molar-refractivity contribution in [2.24, 2.45) is 5.92 Å². The Hall–Kier alpha value is 0.270. The average molecular weight is 203 g/mol. The molecule has 0 amide bonds. The van der Waals surface area contributed by atoms with E-state index < -0.39 is 0 Å². The number of rotatable bonds is 5. The third-order valence-electron chi connectivity index (χ3n) is 2.52. The molecule has 1 fully saturated rings. The largest absolute Gasteiger partial charge is 0.381 e. The summed E-state index contributed by atoms with van der Waals surface area (Å²) in [4.78, 5) is 2.40. The molecule has 1 heterocycles. The van der Waals surface area contributed by atoms with Gasteiger partial charge in [0, 0.05) is 13.2 Å². The summed E-state index contributed by atoms with van der Waals surface area (Å²) in [7, 11) is 2.19. The summed E-state index contributed by atoms with van der Waals surface area (Å²) in [5, 5.41) is 0. The zero-order chi connectivity index (χ0) is 9.52. The summed E-state index contributed by atoms with van der Waals surface area (Å²) < 4.78 is 5.45. The lowest BCUT2D eigenvalue weighted by atomic mass is 10.0. The Kier molecular flexibility index (Phi) is 5.83. The molecule has 1 saturated heterocycles. The number of hydrogen-bond acceptors (Lipinski definition) is 3. The molecular weight excluding hydrogens is 182 g/mol. The highest BCUT2D eigenvalue weighted by Gasteiger charge is 2.15. The van der Waals surface area contributed by atoms with E-state index in [1.165, 1.54) is 32.4 Å². The van der Waals surface area contributed by atoms with Gasteiger partial charge in [-0.2, -0.15) is 12.6 Å². The second-order valence-corrected chi connectivity index (χ2v) is 4.37. The van der Waals surface area contributed by atoms with Crippen molar-refractivity contribution in [3.05, 3.63) is 0 Å². The van der Waals surface area contributed by atoms with E-state index in [4.69, 9.17) is 4.74 Å². The Bertz CT molecular complexity index is 126. The first-order valence-electron chi connectivity index (χ1n) is 5.20. The average Bonchev–Trinajstić information content (AvgIpc) is 2.16. The van der Waals surface area contributed by atoms with Crippen LogP contribution in [0.2, 0.25) is 0 Å². The van der Waals surface area contributed by atoms with Gasteiger partial charge in [0.2, 0.25) is 0 Å². The zero-order valence-electron chi connectivity index (χ0n) is 8.54. The molecule has 1 rings (SSSR count). The van der Waals surface area contributed by atoms with Gasteiger partial charge in [0.25, 0.3) is 0 Å². The van der Waals surface area contributed by atoms with Crippen LogP contribution in [0.3, 0.4) is 0 Å². The van der Waals surface area contributed by atoms with Crippen molar-refractivity contribution in [1.29, 1.82) is 0 Å².